The summed E-state index contributed by atoms with van der Waals surface area (Å²) in [6, 6.07) is 12.4. The van der Waals surface area contributed by atoms with Crippen molar-refractivity contribution >= 4 is 11.7 Å². The predicted molar refractivity (Wildman–Crippen MR) is 92.2 cm³/mol. The third-order valence-corrected chi connectivity index (χ3v) is 4.24. The number of amides is 2. The SMILES string of the molecule is COc1cccc(CCCNC(=O)N2CCc3ccc(F)cc32)c1. The highest BCUT2D eigenvalue weighted by Gasteiger charge is 2.24. The van der Waals surface area contributed by atoms with Crippen LogP contribution in [0.25, 0.3) is 0 Å². The summed E-state index contributed by atoms with van der Waals surface area (Å²) in [5.41, 5.74) is 2.88. The molecule has 5 heteroatoms. The van der Waals surface area contributed by atoms with Gasteiger partial charge in [-0.2, -0.15) is 0 Å². The van der Waals surface area contributed by atoms with Crippen LogP contribution < -0.4 is 15.0 Å². The number of carbonyl (C=O) groups excluding carboxylic acids is 1. The molecule has 2 aromatic carbocycles. The van der Waals surface area contributed by atoms with E-state index in [1.165, 1.54) is 17.7 Å². The van der Waals surface area contributed by atoms with Gasteiger partial charge in [-0.1, -0.05) is 18.2 Å². The van der Waals surface area contributed by atoms with Crippen LogP contribution in [0.1, 0.15) is 17.5 Å². The molecule has 0 unspecified atom stereocenters. The van der Waals surface area contributed by atoms with Crippen molar-refractivity contribution < 1.29 is 13.9 Å². The quantitative estimate of drug-likeness (QED) is 0.853. The number of aryl methyl sites for hydroxylation is 1. The highest BCUT2D eigenvalue weighted by molar-refractivity contribution is 5.94. The first kappa shape index (κ1) is 16.3. The number of rotatable bonds is 5. The molecule has 126 valence electrons. The van der Waals surface area contributed by atoms with Crippen LogP contribution in [0.4, 0.5) is 14.9 Å². The van der Waals surface area contributed by atoms with E-state index < -0.39 is 0 Å². The summed E-state index contributed by atoms with van der Waals surface area (Å²) in [6.07, 6.45) is 2.47. The van der Waals surface area contributed by atoms with E-state index in [1.54, 1.807) is 18.1 Å². The van der Waals surface area contributed by atoms with Gasteiger partial charge < -0.3 is 10.1 Å². The Morgan fingerprint density at radius 3 is 3.00 bits per heavy atom. The van der Waals surface area contributed by atoms with E-state index >= 15 is 0 Å². The molecule has 1 heterocycles. The fourth-order valence-electron chi connectivity index (χ4n) is 2.97. The minimum Gasteiger partial charge on any atom is -0.497 e. The van der Waals surface area contributed by atoms with E-state index in [4.69, 9.17) is 4.74 Å². The first-order valence-corrected chi connectivity index (χ1v) is 8.14. The predicted octanol–water partition coefficient (Wildman–Crippen LogP) is 3.54. The fraction of sp³-hybridized carbons (Fsp3) is 0.316. The highest BCUT2D eigenvalue weighted by Crippen LogP contribution is 2.28. The van der Waals surface area contributed by atoms with E-state index in [9.17, 15) is 9.18 Å². The normalized spacial score (nSPS) is 12.8. The van der Waals surface area contributed by atoms with Gasteiger partial charge in [-0.05, 0) is 54.7 Å². The molecule has 4 nitrogen and oxygen atoms in total. The maximum Gasteiger partial charge on any atom is 0.321 e. The van der Waals surface area contributed by atoms with Gasteiger partial charge in [0, 0.05) is 13.1 Å². The van der Waals surface area contributed by atoms with E-state index in [2.05, 4.69) is 5.32 Å². The van der Waals surface area contributed by atoms with Crippen LogP contribution in [-0.2, 0) is 12.8 Å². The van der Waals surface area contributed by atoms with Gasteiger partial charge in [0.2, 0.25) is 0 Å². The highest BCUT2D eigenvalue weighted by atomic mass is 19.1. The maximum absolute atomic E-state index is 13.4. The Bertz CT molecular complexity index is 733. The third-order valence-electron chi connectivity index (χ3n) is 4.24. The molecule has 1 aliphatic rings. The number of nitrogens with one attached hydrogen (secondary N) is 1. The summed E-state index contributed by atoms with van der Waals surface area (Å²) in [7, 11) is 1.65. The maximum atomic E-state index is 13.4. The van der Waals surface area contributed by atoms with Gasteiger partial charge >= 0.3 is 6.03 Å². The summed E-state index contributed by atoms with van der Waals surface area (Å²) in [6.45, 7) is 1.18. The van der Waals surface area contributed by atoms with Crippen molar-refractivity contribution in [2.24, 2.45) is 0 Å². The van der Waals surface area contributed by atoms with Crippen LogP contribution in [0, 0.1) is 5.82 Å². The number of ether oxygens (including phenoxy) is 1. The zero-order chi connectivity index (χ0) is 16.9. The lowest BCUT2D eigenvalue weighted by Crippen LogP contribution is -2.39. The fourth-order valence-corrected chi connectivity index (χ4v) is 2.97. The molecule has 1 N–H and O–H groups in total. The molecule has 0 atom stereocenters. The minimum atomic E-state index is -0.313. The molecule has 2 amide bonds. The summed E-state index contributed by atoms with van der Waals surface area (Å²) in [5.74, 6) is 0.527. The lowest BCUT2D eigenvalue weighted by atomic mass is 10.1. The number of urea groups is 1. The van der Waals surface area contributed by atoms with E-state index in [1.807, 2.05) is 24.3 Å². The molecule has 0 fully saturated rings. The first-order chi connectivity index (χ1) is 11.7. The van der Waals surface area contributed by atoms with Crippen LogP contribution >= 0.6 is 0 Å². The van der Waals surface area contributed by atoms with Crippen LogP contribution in [0.15, 0.2) is 42.5 Å². The number of benzene rings is 2. The second-order valence-electron chi connectivity index (χ2n) is 5.86. The summed E-state index contributed by atoms with van der Waals surface area (Å²) >= 11 is 0. The lowest BCUT2D eigenvalue weighted by molar-refractivity contribution is 0.246. The number of nitrogens with zero attached hydrogens (tertiary/aromatic N) is 1. The number of fused-ring (bicyclic) bond motifs is 1. The van der Waals surface area contributed by atoms with E-state index in [0.717, 1.165) is 30.6 Å². The molecule has 3 rings (SSSR count). The number of halogens is 1. The molecule has 24 heavy (non-hydrogen) atoms. The lowest BCUT2D eigenvalue weighted by Gasteiger charge is -2.18. The Labute approximate surface area is 141 Å². The molecule has 2 aromatic rings. The zero-order valence-electron chi connectivity index (χ0n) is 13.7. The average molecular weight is 328 g/mol. The minimum absolute atomic E-state index is 0.162. The monoisotopic (exact) mass is 328 g/mol. The molecular formula is C19H21FN2O2. The molecule has 0 saturated heterocycles. The summed E-state index contributed by atoms with van der Waals surface area (Å²) in [5, 5.41) is 2.92. The zero-order valence-corrected chi connectivity index (χ0v) is 13.7. The standard InChI is InChI=1S/C19H21FN2O2/c1-24-17-6-2-4-14(12-17)5-3-10-21-19(23)22-11-9-15-7-8-16(20)13-18(15)22/h2,4,6-8,12-13H,3,5,9-11H2,1H3,(H,21,23). The van der Waals surface area contributed by atoms with Crippen LogP contribution in [0.2, 0.25) is 0 Å². The van der Waals surface area contributed by atoms with E-state index in [-0.39, 0.29) is 11.8 Å². The third kappa shape index (κ3) is 3.67. The molecule has 0 spiro atoms. The molecule has 0 saturated carbocycles. The van der Waals surface area contributed by atoms with Gasteiger partial charge in [0.05, 0.1) is 12.8 Å². The Morgan fingerprint density at radius 2 is 2.17 bits per heavy atom. The van der Waals surface area contributed by atoms with Crippen molar-refractivity contribution in [3.05, 3.63) is 59.4 Å². The van der Waals surface area contributed by atoms with Gasteiger partial charge in [-0.3, -0.25) is 4.90 Å². The Morgan fingerprint density at radius 1 is 1.29 bits per heavy atom. The van der Waals surface area contributed by atoms with Gasteiger partial charge in [-0.15, -0.1) is 0 Å². The van der Waals surface area contributed by atoms with Gasteiger partial charge in [0.15, 0.2) is 0 Å². The number of hydrogen-bond donors (Lipinski definition) is 1. The van der Waals surface area contributed by atoms with Crippen LogP contribution in [0.3, 0.4) is 0 Å². The van der Waals surface area contributed by atoms with Crippen LogP contribution in [-0.4, -0.2) is 26.2 Å². The van der Waals surface area contributed by atoms with Crippen molar-refractivity contribution in [2.45, 2.75) is 19.3 Å². The molecule has 0 aliphatic carbocycles. The number of anilines is 1. The van der Waals surface area contributed by atoms with Crippen LogP contribution in [0.5, 0.6) is 5.75 Å². The largest absolute Gasteiger partial charge is 0.497 e. The van der Waals surface area contributed by atoms with Crippen molar-refractivity contribution in [3.8, 4) is 5.75 Å². The van der Waals surface area contributed by atoms with Crippen molar-refractivity contribution in [1.82, 2.24) is 5.32 Å². The smallest absolute Gasteiger partial charge is 0.321 e. The molecular weight excluding hydrogens is 307 g/mol. The van der Waals surface area contributed by atoms with Gasteiger partial charge in [0.25, 0.3) is 0 Å². The Kier molecular flexibility index (Phi) is 4.99. The number of methoxy groups -OCH3 is 1. The van der Waals surface area contributed by atoms with E-state index in [0.29, 0.717) is 18.8 Å². The second kappa shape index (κ2) is 7.34. The second-order valence-corrected chi connectivity index (χ2v) is 5.86. The topological polar surface area (TPSA) is 41.6 Å². The Balaban J connectivity index is 1.49. The molecule has 0 radical (unpaired) electrons. The number of hydrogen-bond acceptors (Lipinski definition) is 2. The molecule has 0 bridgehead atoms. The summed E-state index contributed by atoms with van der Waals surface area (Å²) < 4.78 is 18.6. The Hall–Kier alpha value is -2.56. The molecule has 0 aromatic heterocycles. The average Bonchev–Trinajstić information content (AvgIpc) is 3.02. The van der Waals surface area contributed by atoms with Gasteiger partial charge in [0.1, 0.15) is 11.6 Å². The summed E-state index contributed by atoms with van der Waals surface area (Å²) in [4.78, 5) is 13.9. The first-order valence-electron chi connectivity index (χ1n) is 8.14. The molecule has 1 aliphatic heterocycles. The van der Waals surface area contributed by atoms with Crippen molar-refractivity contribution in [1.29, 1.82) is 0 Å². The number of carbonyl (C=O) groups is 1. The van der Waals surface area contributed by atoms with Crippen molar-refractivity contribution in [3.63, 3.8) is 0 Å². The van der Waals surface area contributed by atoms with Gasteiger partial charge in [-0.25, -0.2) is 9.18 Å². The van der Waals surface area contributed by atoms with Crippen molar-refractivity contribution in [2.75, 3.05) is 25.1 Å².